The molecule has 110 valence electrons. The third-order valence-electron chi connectivity index (χ3n) is 3.13. The first-order chi connectivity index (χ1) is 9.44. The number of anilines is 1. The van der Waals surface area contributed by atoms with Crippen LogP contribution >= 0.6 is 12.2 Å². The molecule has 1 saturated heterocycles. The van der Waals surface area contributed by atoms with E-state index in [0.717, 1.165) is 12.8 Å². The minimum Gasteiger partial charge on any atom is -0.495 e. The summed E-state index contributed by atoms with van der Waals surface area (Å²) < 4.78 is 33.5. The van der Waals surface area contributed by atoms with E-state index >= 15 is 0 Å². The van der Waals surface area contributed by atoms with E-state index in [4.69, 9.17) is 22.7 Å². The number of hydrogen-bond donors (Lipinski definition) is 2. The van der Waals surface area contributed by atoms with Crippen molar-refractivity contribution in [3.8, 4) is 5.75 Å². The van der Waals surface area contributed by atoms with Gasteiger partial charge in [-0.15, -0.1) is 0 Å². The summed E-state index contributed by atoms with van der Waals surface area (Å²) in [5, 5.41) is 0. The second kappa shape index (κ2) is 5.94. The molecule has 3 N–H and O–H groups in total. The number of methoxy groups -OCH3 is 1. The normalized spacial score (nSPS) is 16.1. The predicted molar refractivity (Wildman–Crippen MR) is 82.2 cm³/mol. The van der Waals surface area contributed by atoms with E-state index in [1.807, 2.05) is 0 Å². The molecular weight excluding hydrogens is 298 g/mol. The van der Waals surface area contributed by atoms with Gasteiger partial charge in [-0.1, -0.05) is 12.2 Å². The summed E-state index contributed by atoms with van der Waals surface area (Å²) >= 11 is 4.89. The topological polar surface area (TPSA) is 84.7 Å². The fraction of sp³-hybridized carbons (Fsp3) is 0.417. The number of nitrogens with zero attached hydrogens (tertiary/aromatic N) is 1. The average Bonchev–Trinajstić information content (AvgIpc) is 2.93. The average molecular weight is 315 g/mol. The number of rotatable bonds is 5. The number of ether oxygens (including phenoxy) is 1. The molecule has 1 fully saturated rings. The van der Waals surface area contributed by atoms with Gasteiger partial charge in [0.05, 0.1) is 12.8 Å². The fourth-order valence-corrected chi connectivity index (χ4v) is 3.50. The Hall–Kier alpha value is -1.38. The van der Waals surface area contributed by atoms with Crippen LogP contribution in [0.5, 0.6) is 5.75 Å². The molecule has 1 aromatic rings. The Bertz CT molecular complexity index is 610. The Morgan fingerprint density at radius 2 is 2.05 bits per heavy atom. The standard InChI is InChI=1S/C12H17N3O3S2/c1-18-11-8-9(12(13)19)4-5-10(11)14-20(16,17)15-6-2-3-7-15/h4-5,8,14H,2-3,6-7H2,1H3,(H2,13,19). The molecule has 20 heavy (non-hydrogen) atoms. The van der Waals surface area contributed by atoms with Gasteiger partial charge in [0.25, 0.3) is 0 Å². The van der Waals surface area contributed by atoms with Crippen LogP contribution in [0.3, 0.4) is 0 Å². The van der Waals surface area contributed by atoms with Gasteiger partial charge in [-0.3, -0.25) is 4.72 Å². The molecule has 8 heteroatoms. The van der Waals surface area contributed by atoms with Gasteiger partial charge in [-0.05, 0) is 31.0 Å². The molecule has 2 rings (SSSR count). The number of hydrogen-bond acceptors (Lipinski definition) is 4. The maximum absolute atomic E-state index is 12.2. The zero-order valence-electron chi connectivity index (χ0n) is 11.1. The van der Waals surface area contributed by atoms with E-state index in [1.165, 1.54) is 11.4 Å². The van der Waals surface area contributed by atoms with E-state index in [9.17, 15) is 8.42 Å². The molecule has 0 unspecified atom stereocenters. The van der Waals surface area contributed by atoms with Crippen LogP contribution in [0.2, 0.25) is 0 Å². The van der Waals surface area contributed by atoms with Crippen LogP contribution in [-0.4, -0.2) is 37.9 Å². The Morgan fingerprint density at radius 1 is 1.40 bits per heavy atom. The monoisotopic (exact) mass is 315 g/mol. The number of benzene rings is 1. The van der Waals surface area contributed by atoms with E-state index in [-0.39, 0.29) is 4.99 Å². The Morgan fingerprint density at radius 3 is 2.60 bits per heavy atom. The summed E-state index contributed by atoms with van der Waals surface area (Å²) in [6.45, 7) is 1.09. The van der Waals surface area contributed by atoms with E-state index in [1.54, 1.807) is 18.2 Å². The predicted octanol–water partition coefficient (Wildman–Crippen LogP) is 1.08. The third-order valence-corrected chi connectivity index (χ3v) is 4.89. The second-order valence-electron chi connectivity index (χ2n) is 4.49. The van der Waals surface area contributed by atoms with Crippen molar-refractivity contribution in [3.05, 3.63) is 23.8 Å². The summed E-state index contributed by atoms with van der Waals surface area (Å²) in [4.78, 5) is 0.234. The van der Waals surface area contributed by atoms with Gasteiger partial charge >= 0.3 is 10.2 Å². The minimum absolute atomic E-state index is 0.234. The lowest BCUT2D eigenvalue weighted by Gasteiger charge is -2.18. The smallest absolute Gasteiger partial charge is 0.301 e. The molecule has 1 aromatic carbocycles. The van der Waals surface area contributed by atoms with Crippen LogP contribution in [0.4, 0.5) is 5.69 Å². The fourth-order valence-electron chi connectivity index (χ4n) is 2.06. The maximum atomic E-state index is 12.2. The highest BCUT2D eigenvalue weighted by atomic mass is 32.2. The molecule has 6 nitrogen and oxygen atoms in total. The van der Waals surface area contributed by atoms with Crippen molar-refractivity contribution >= 4 is 33.1 Å². The lowest BCUT2D eigenvalue weighted by atomic mass is 10.2. The van der Waals surface area contributed by atoms with E-state index in [0.29, 0.717) is 30.1 Å². The quantitative estimate of drug-likeness (QED) is 0.794. The number of nitrogens with one attached hydrogen (secondary N) is 1. The lowest BCUT2D eigenvalue weighted by molar-refractivity contribution is 0.416. The van der Waals surface area contributed by atoms with Crippen molar-refractivity contribution in [2.45, 2.75) is 12.8 Å². The van der Waals surface area contributed by atoms with Crippen molar-refractivity contribution in [1.29, 1.82) is 0 Å². The Balaban J connectivity index is 2.26. The molecule has 1 aliphatic rings. The van der Waals surface area contributed by atoms with Crippen LogP contribution < -0.4 is 15.2 Å². The highest BCUT2D eigenvalue weighted by molar-refractivity contribution is 7.90. The Labute approximate surface area is 124 Å². The van der Waals surface area contributed by atoms with Crippen molar-refractivity contribution < 1.29 is 13.2 Å². The third kappa shape index (κ3) is 3.20. The first kappa shape index (κ1) is 15.0. The van der Waals surface area contributed by atoms with E-state index in [2.05, 4.69) is 4.72 Å². The van der Waals surface area contributed by atoms with Gasteiger partial charge in [0, 0.05) is 18.7 Å². The van der Waals surface area contributed by atoms with Gasteiger partial charge in [0.1, 0.15) is 10.7 Å². The van der Waals surface area contributed by atoms with Crippen LogP contribution in [0.15, 0.2) is 18.2 Å². The zero-order chi connectivity index (χ0) is 14.8. The highest BCUT2D eigenvalue weighted by Gasteiger charge is 2.26. The summed E-state index contributed by atoms with van der Waals surface area (Å²) in [5.74, 6) is 0.387. The van der Waals surface area contributed by atoms with Gasteiger partial charge in [-0.2, -0.15) is 12.7 Å². The van der Waals surface area contributed by atoms with Crippen LogP contribution in [0.25, 0.3) is 0 Å². The molecule has 0 aromatic heterocycles. The molecule has 0 radical (unpaired) electrons. The first-order valence-electron chi connectivity index (χ1n) is 6.20. The summed E-state index contributed by atoms with van der Waals surface area (Å²) in [5.41, 5.74) is 6.54. The molecule has 0 bridgehead atoms. The summed E-state index contributed by atoms with van der Waals surface area (Å²) in [7, 11) is -2.07. The van der Waals surface area contributed by atoms with Gasteiger partial charge in [0.15, 0.2) is 0 Å². The molecular formula is C12H17N3O3S2. The Kier molecular flexibility index (Phi) is 4.46. The van der Waals surface area contributed by atoms with E-state index < -0.39 is 10.2 Å². The molecule has 0 atom stereocenters. The number of nitrogens with two attached hydrogens (primary N) is 1. The molecule has 0 aliphatic carbocycles. The van der Waals surface area contributed by atoms with Crippen LogP contribution in [-0.2, 0) is 10.2 Å². The van der Waals surface area contributed by atoms with Gasteiger partial charge in [-0.25, -0.2) is 0 Å². The van der Waals surface area contributed by atoms with Crippen molar-refractivity contribution in [2.24, 2.45) is 5.73 Å². The van der Waals surface area contributed by atoms with Crippen molar-refractivity contribution in [2.75, 3.05) is 24.9 Å². The molecule has 0 amide bonds. The van der Waals surface area contributed by atoms with Crippen LogP contribution in [0.1, 0.15) is 18.4 Å². The highest BCUT2D eigenvalue weighted by Crippen LogP contribution is 2.27. The largest absolute Gasteiger partial charge is 0.495 e. The van der Waals surface area contributed by atoms with Crippen molar-refractivity contribution in [1.82, 2.24) is 4.31 Å². The zero-order valence-corrected chi connectivity index (χ0v) is 12.8. The lowest BCUT2D eigenvalue weighted by Crippen LogP contribution is -2.33. The van der Waals surface area contributed by atoms with Crippen molar-refractivity contribution in [3.63, 3.8) is 0 Å². The van der Waals surface area contributed by atoms with Gasteiger partial charge in [0.2, 0.25) is 0 Å². The second-order valence-corrected chi connectivity index (χ2v) is 6.60. The SMILES string of the molecule is COc1cc(C(N)=S)ccc1NS(=O)(=O)N1CCCC1. The molecule has 1 heterocycles. The molecule has 0 spiro atoms. The van der Waals surface area contributed by atoms with Gasteiger partial charge < -0.3 is 10.5 Å². The first-order valence-corrected chi connectivity index (χ1v) is 8.04. The molecule has 1 aliphatic heterocycles. The number of thiocarbonyl (C=S) groups is 1. The maximum Gasteiger partial charge on any atom is 0.301 e. The van der Waals surface area contributed by atoms with Crippen LogP contribution in [0, 0.1) is 0 Å². The minimum atomic E-state index is -3.54. The summed E-state index contributed by atoms with van der Waals surface area (Å²) in [6.07, 6.45) is 1.77. The summed E-state index contributed by atoms with van der Waals surface area (Å²) in [6, 6.07) is 4.87. The molecule has 0 saturated carbocycles.